The Morgan fingerprint density at radius 3 is 0.887 bits per heavy atom. The van der Waals surface area contributed by atoms with E-state index in [1.165, 1.54) is 77.2 Å². The van der Waals surface area contributed by atoms with E-state index in [1.807, 2.05) is 0 Å². The Balaban J connectivity index is 0.905. The van der Waals surface area contributed by atoms with Crippen molar-refractivity contribution in [3.8, 4) is 89.3 Å². The van der Waals surface area contributed by atoms with Crippen molar-refractivity contribution in [1.29, 1.82) is 0 Å². The van der Waals surface area contributed by atoms with Gasteiger partial charge in [-0.3, -0.25) is 0 Å². The van der Waals surface area contributed by atoms with Crippen LogP contribution in [0.25, 0.3) is 111 Å². The maximum atomic E-state index is 5.31. The molecule has 0 spiro atoms. The summed E-state index contributed by atoms with van der Waals surface area (Å²) in [5.41, 5.74) is 18.4. The Labute approximate surface area is 362 Å². The summed E-state index contributed by atoms with van der Waals surface area (Å²) in [5, 5.41) is 5.05. The lowest BCUT2D eigenvalue weighted by Gasteiger charge is -2.13. The normalized spacial score (nSPS) is 11.2. The van der Waals surface area contributed by atoms with Gasteiger partial charge in [0.05, 0.1) is 11.4 Å². The van der Waals surface area contributed by atoms with E-state index in [0.717, 1.165) is 33.6 Å². The molecule has 0 saturated carbocycles. The van der Waals surface area contributed by atoms with E-state index in [-0.39, 0.29) is 0 Å². The molecule has 0 radical (unpaired) electrons. The van der Waals surface area contributed by atoms with E-state index in [4.69, 9.17) is 4.98 Å². The monoisotopic (exact) mass is 787 g/mol. The van der Waals surface area contributed by atoms with E-state index >= 15 is 0 Å². The summed E-state index contributed by atoms with van der Waals surface area (Å²) in [5.74, 6) is 0. The number of hydrogen-bond acceptors (Lipinski definition) is 1. The second-order valence-electron chi connectivity index (χ2n) is 15.9. The SMILES string of the molecule is c1ccc(-c2ccc(-c3cc(-c4ccc(-c5ccc(-c6cccc7ccccc67)cc5)cc4)nc(-c4ccc(-c5ccc(-c6cccc7ccccc67)cc5)cc4)c3)cc2)cc1. The molecule has 0 aliphatic rings. The number of pyridine rings is 1. The van der Waals surface area contributed by atoms with Gasteiger partial charge in [-0.1, -0.05) is 237 Å². The molecule has 0 aliphatic heterocycles. The quantitative estimate of drug-likeness (QED) is 0.149. The van der Waals surface area contributed by atoms with Crippen molar-refractivity contribution < 1.29 is 0 Å². The highest BCUT2D eigenvalue weighted by Gasteiger charge is 2.12. The third-order valence-corrected chi connectivity index (χ3v) is 12.1. The fraction of sp³-hybridized carbons (Fsp3) is 0. The lowest BCUT2D eigenvalue weighted by Crippen LogP contribution is -1.92. The first-order chi connectivity index (χ1) is 30.7. The standard InChI is InChI=1S/C61H41N/c1-2-10-42(11-3-1)43-20-22-48(23-21-43)55-40-60(53-36-28-46(29-37-53)44-24-32-51(33-25-44)58-18-8-14-49-12-4-6-16-56(49)58)62-61(41-55)54-38-30-47(31-39-54)45-26-34-52(35-27-45)59-19-9-15-50-13-5-7-17-57(50)59/h1-41H. The third-order valence-electron chi connectivity index (χ3n) is 12.1. The molecule has 0 aliphatic carbocycles. The zero-order valence-corrected chi connectivity index (χ0v) is 34.1. The molecule has 1 heteroatoms. The van der Waals surface area contributed by atoms with E-state index < -0.39 is 0 Å². The van der Waals surface area contributed by atoms with Crippen molar-refractivity contribution in [3.63, 3.8) is 0 Å². The van der Waals surface area contributed by atoms with Crippen LogP contribution >= 0.6 is 0 Å². The molecule has 0 unspecified atom stereocenters. The summed E-state index contributed by atoms with van der Waals surface area (Å²) in [6, 6.07) is 89.6. The maximum absolute atomic E-state index is 5.31. The highest BCUT2D eigenvalue weighted by atomic mass is 14.7. The summed E-state index contributed by atoms with van der Waals surface area (Å²) in [7, 11) is 0. The highest BCUT2D eigenvalue weighted by molar-refractivity contribution is 5.98. The molecule has 0 N–H and O–H groups in total. The predicted molar refractivity (Wildman–Crippen MR) is 263 cm³/mol. The molecule has 11 aromatic rings. The number of benzene rings is 10. The van der Waals surface area contributed by atoms with Crippen molar-refractivity contribution in [2.24, 2.45) is 0 Å². The van der Waals surface area contributed by atoms with E-state index in [0.29, 0.717) is 0 Å². The first kappa shape index (κ1) is 36.9. The van der Waals surface area contributed by atoms with Gasteiger partial charge in [0.25, 0.3) is 0 Å². The number of rotatable bonds is 8. The van der Waals surface area contributed by atoms with Gasteiger partial charge in [0.15, 0.2) is 0 Å². The minimum atomic E-state index is 0.940. The molecule has 0 amide bonds. The second kappa shape index (κ2) is 16.1. The summed E-state index contributed by atoms with van der Waals surface area (Å²) < 4.78 is 0. The van der Waals surface area contributed by atoms with Crippen molar-refractivity contribution in [3.05, 3.63) is 249 Å². The Kier molecular flexibility index (Phi) is 9.61. The highest BCUT2D eigenvalue weighted by Crippen LogP contribution is 2.36. The molecule has 1 aromatic heterocycles. The Morgan fingerprint density at radius 2 is 0.484 bits per heavy atom. The lowest BCUT2D eigenvalue weighted by molar-refractivity contribution is 1.32. The van der Waals surface area contributed by atoms with Crippen LogP contribution in [0.15, 0.2) is 249 Å². The molecule has 0 fully saturated rings. The van der Waals surface area contributed by atoms with E-state index in [1.54, 1.807) is 0 Å². The average Bonchev–Trinajstić information content (AvgIpc) is 3.36. The van der Waals surface area contributed by atoms with Gasteiger partial charge in [-0.2, -0.15) is 0 Å². The number of fused-ring (bicyclic) bond motifs is 2. The lowest BCUT2D eigenvalue weighted by atomic mass is 9.95. The van der Waals surface area contributed by atoms with Crippen molar-refractivity contribution in [2.75, 3.05) is 0 Å². The van der Waals surface area contributed by atoms with Crippen molar-refractivity contribution >= 4 is 21.5 Å². The summed E-state index contributed by atoms with van der Waals surface area (Å²) >= 11 is 0. The molecular weight excluding hydrogens is 747 g/mol. The summed E-state index contributed by atoms with van der Waals surface area (Å²) in [4.78, 5) is 5.31. The fourth-order valence-corrected chi connectivity index (χ4v) is 8.78. The second-order valence-corrected chi connectivity index (χ2v) is 15.9. The molecule has 1 heterocycles. The minimum absolute atomic E-state index is 0.940. The zero-order chi connectivity index (χ0) is 41.2. The van der Waals surface area contributed by atoms with Crippen LogP contribution < -0.4 is 0 Å². The number of nitrogens with zero attached hydrogens (tertiary/aromatic N) is 1. The van der Waals surface area contributed by atoms with Crippen LogP contribution in [0.2, 0.25) is 0 Å². The van der Waals surface area contributed by atoms with Gasteiger partial charge in [-0.25, -0.2) is 4.98 Å². The van der Waals surface area contributed by atoms with Gasteiger partial charge in [0.2, 0.25) is 0 Å². The van der Waals surface area contributed by atoms with Crippen molar-refractivity contribution in [1.82, 2.24) is 4.98 Å². The molecule has 11 rings (SSSR count). The fourth-order valence-electron chi connectivity index (χ4n) is 8.78. The first-order valence-electron chi connectivity index (χ1n) is 21.3. The Morgan fingerprint density at radius 1 is 0.194 bits per heavy atom. The number of hydrogen-bond donors (Lipinski definition) is 0. The smallest absolute Gasteiger partial charge is 0.0715 e. The van der Waals surface area contributed by atoms with Crippen LogP contribution in [-0.4, -0.2) is 4.98 Å². The Hall–Kier alpha value is -8.13. The summed E-state index contributed by atoms with van der Waals surface area (Å²) in [6.45, 7) is 0. The molecule has 290 valence electrons. The Bertz CT molecular complexity index is 3130. The molecule has 0 saturated heterocycles. The average molecular weight is 788 g/mol. The van der Waals surface area contributed by atoms with Gasteiger partial charge in [0, 0.05) is 11.1 Å². The molecule has 0 bridgehead atoms. The zero-order valence-electron chi connectivity index (χ0n) is 34.1. The van der Waals surface area contributed by atoms with Gasteiger partial charge in [0.1, 0.15) is 0 Å². The molecular formula is C61H41N. The maximum Gasteiger partial charge on any atom is 0.0715 e. The van der Waals surface area contributed by atoms with Crippen LogP contribution in [0.5, 0.6) is 0 Å². The predicted octanol–water partition coefficient (Wildman–Crippen LogP) is 16.7. The van der Waals surface area contributed by atoms with Crippen molar-refractivity contribution in [2.45, 2.75) is 0 Å². The third kappa shape index (κ3) is 7.27. The minimum Gasteiger partial charge on any atom is -0.248 e. The molecule has 10 aromatic carbocycles. The van der Waals surface area contributed by atoms with Crippen LogP contribution in [-0.2, 0) is 0 Å². The first-order valence-corrected chi connectivity index (χ1v) is 21.3. The van der Waals surface area contributed by atoms with Gasteiger partial charge < -0.3 is 0 Å². The van der Waals surface area contributed by atoms with E-state index in [2.05, 4.69) is 249 Å². The van der Waals surface area contributed by atoms with Gasteiger partial charge >= 0.3 is 0 Å². The molecule has 0 atom stereocenters. The number of aromatic nitrogens is 1. The topological polar surface area (TPSA) is 12.9 Å². The largest absolute Gasteiger partial charge is 0.248 e. The van der Waals surface area contributed by atoms with Crippen LogP contribution in [0.1, 0.15) is 0 Å². The molecule has 62 heavy (non-hydrogen) atoms. The van der Waals surface area contributed by atoms with Crippen LogP contribution in [0.4, 0.5) is 0 Å². The van der Waals surface area contributed by atoms with Crippen LogP contribution in [0, 0.1) is 0 Å². The summed E-state index contributed by atoms with van der Waals surface area (Å²) in [6.07, 6.45) is 0. The van der Waals surface area contributed by atoms with Gasteiger partial charge in [-0.05, 0) is 100 Å². The van der Waals surface area contributed by atoms with E-state index in [9.17, 15) is 0 Å². The van der Waals surface area contributed by atoms with Gasteiger partial charge in [-0.15, -0.1) is 0 Å². The molecule has 1 nitrogen and oxygen atoms in total. The van der Waals surface area contributed by atoms with Crippen LogP contribution in [0.3, 0.4) is 0 Å².